The van der Waals surface area contributed by atoms with Gasteiger partial charge in [0, 0.05) is 35.0 Å². The average Bonchev–Trinajstić information content (AvgIpc) is 3.04. The van der Waals surface area contributed by atoms with Crippen LogP contribution in [0.5, 0.6) is 5.75 Å². The van der Waals surface area contributed by atoms with Gasteiger partial charge in [0.25, 0.3) is 5.91 Å². The first-order valence-corrected chi connectivity index (χ1v) is 11.8. The zero-order chi connectivity index (χ0) is 20.1. The summed E-state index contributed by atoms with van der Waals surface area (Å²) in [5.41, 5.74) is 3.15. The molecule has 0 N–H and O–H groups in total. The van der Waals surface area contributed by atoms with Crippen LogP contribution in [0.4, 0.5) is 0 Å². The zero-order valence-corrected chi connectivity index (χ0v) is 20.2. The molecule has 0 aliphatic heterocycles. The number of nitrogens with zero attached hydrogens (tertiary/aromatic N) is 3. The van der Waals surface area contributed by atoms with E-state index in [0.717, 1.165) is 51.1 Å². The Hall–Kier alpha value is -0.930. The number of aryl methyl sites for hydroxylation is 2. The topological polar surface area (TPSA) is 45.7 Å². The molecule has 0 saturated carbocycles. The van der Waals surface area contributed by atoms with E-state index in [4.69, 9.17) is 9.72 Å². The molecular formula is C20H30IN3O2S. The van der Waals surface area contributed by atoms with Crippen LogP contribution in [0.2, 0.25) is 0 Å². The summed E-state index contributed by atoms with van der Waals surface area (Å²) in [6, 6.07) is 0. The third kappa shape index (κ3) is 4.74. The van der Waals surface area contributed by atoms with Crippen LogP contribution in [0.15, 0.2) is 0 Å². The molecule has 0 fully saturated rings. The van der Waals surface area contributed by atoms with Crippen molar-refractivity contribution in [3.05, 3.63) is 21.8 Å². The van der Waals surface area contributed by atoms with Crippen molar-refractivity contribution in [2.45, 2.75) is 39.0 Å². The van der Waals surface area contributed by atoms with Crippen LogP contribution in [0.3, 0.4) is 0 Å². The molecule has 2 aromatic rings. The minimum atomic E-state index is 0.0308. The maximum absolute atomic E-state index is 13.2. The molecule has 0 radical (unpaired) electrons. The number of ether oxygens (including phenoxy) is 1. The number of hydrogen-bond acceptors (Lipinski definition) is 5. The van der Waals surface area contributed by atoms with E-state index in [-0.39, 0.29) is 5.91 Å². The molecule has 0 aliphatic rings. The fourth-order valence-electron chi connectivity index (χ4n) is 3.07. The minimum absolute atomic E-state index is 0.0308. The van der Waals surface area contributed by atoms with Gasteiger partial charge in [0.1, 0.15) is 4.88 Å². The second-order valence-corrected chi connectivity index (χ2v) is 8.34. The van der Waals surface area contributed by atoms with Crippen LogP contribution >= 0.6 is 33.9 Å². The van der Waals surface area contributed by atoms with Crippen molar-refractivity contribution in [2.75, 3.05) is 39.8 Å². The molecule has 0 saturated heterocycles. The molecule has 5 nitrogen and oxygen atoms in total. The van der Waals surface area contributed by atoms with Crippen LogP contribution in [0, 0.1) is 13.8 Å². The highest BCUT2D eigenvalue weighted by molar-refractivity contribution is 14.1. The summed E-state index contributed by atoms with van der Waals surface area (Å²) in [6.07, 6.45) is 0. The number of carbonyl (C=O) groups excluding carboxylic acids is 1. The number of alkyl halides is 1. The van der Waals surface area contributed by atoms with E-state index in [1.54, 1.807) is 11.3 Å². The highest BCUT2D eigenvalue weighted by Gasteiger charge is 2.26. The summed E-state index contributed by atoms with van der Waals surface area (Å²) in [7, 11) is 1.88. The largest absolute Gasteiger partial charge is 0.491 e. The van der Waals surface area contributed by atoms with Crippen LogP contribution in [0.1, 0.15) is 47.4 Å². The Labute approximate surface area is 180 Å². The molecular weight excluding hydrogens is 473 g/mol. The van der Waals surface area contributed by atoms with E-state index in [2.05, 4.69) is 48.3 Å². The molecule has 0 bridgehead atoms. The fourth-order valence-corrected chi connectivity index (χ4v) is 4.94. The average molecular weight is 503 g/mol. The number of thiophene rings is 1. The number of rotatable bonds is 9. The predicted octanol–water partition coefficient (Wildman–Crippen LogP) is 4.66. The predicted molar refractivity (Wildman–Crippen MR) is 123 cm³/mol. The number of hydrogen-bond donors (Lipinski definition) is 0. The minimum Gasteiger partial charge on any atom is -0.491 e. The van der Waals surface area contributed by atoms with E-state index in [9.17, 15) is 4.79 Å². The third-order valence-corrected chi connectivity index (χ3v) is 6.94. The van der Waals surface area contributed by atoms with Gasteiger partial charge in [0.2, 0.25) is 0 Å². The summed E-state index contributed by atoms with van der Waals surface area (Å²) >= 11 is 3.87. The number of likely N-dealkylation sites (N-methyl/N-ethyl adjacent to an activating group) is 2. The van der Waals surface area contributed by atoms with Gasteiger partial charge in [0.15, 0.2) is 5.75 Å². The van der Waals surface area contributed by atoms with Crippen molar-refractivity contribution in [3.63, 3.8) is 0 Å². The van der Waals surface area contributed by atoms with E-state index >= 15 is 0 Å². The normalized spacial score (nSPS) is 11.4. The quantitative estimate of drug-likeness (QED) is 0.369. The van der Waals surface area contributed by atoms with Gasteiger partial charge < -0.3 is 14.5 Å². The molecule has 2 aromatic heterocycles. The molecule has 7 heteroatoms. The Morgan fingerprint density at radius 2 is 1.85 bits per heavy atom. The zero-order valence-electron chi connectivity index (χ0n) is 17.2. The Morgan fingerprint density at radius 1 is 1.19 bits per heavy atom. The van der Waals surface area contributed by atoms with Crippen LogP contribution in [0.25, 0.3) is 10.1 Å². The van der Waals surface area contributed by atoms with Crippen molar-refractivity contribution < 1.29 is 9.53 Å². The number of amides is 1. The first-order valence-electron chi connectivity index (χ1n) is 9.48. The lowest BCUT2D eigenvalue weighted by atomic mass is 10.1. The van der Waals surface area contributed by atoms with Crippen molar-refractivity contribution in [3.8, 4) is 5.75 Å². The SMILES string of the molecule is CCOc1c(C(=O)N(C)CCN(CC)CC)sc2c(C)c(C)nc(CI)c12. The van der Waals surface area contributed by atoms with Gasteiger partial charge in [-0.3, -0.25) is 9.78 Å². The number of fused-ring (bicyclic) bond motifs is 1. The maximum Gasteiger partial charge on any atom is 0.267 e. The van der Waals surface area contributed by atoms with Crippen molar-refractivity contribution in [1.82, 2.24) is 14.8 Å². The number of halogens is 1. The lowest BCUT2D eigenvalue weighted by Crippen LogP contribution is -2.36. The van der Waals surface area contributed by atoms with Gasteiger partial charge >= 0.3 is 0 Å². The van der Waals surface area contributed by atoms with Crippen molar-refractivity contribution >= 4 is 49.9 Å². The van der Waals surface area contributed by atoms with Gasteiger partial charge in [-0.15, -0.1) is 11.3 Å². The van der Waals surface area contributed by atoms with Gasteiger partial charge in [-0.25, -0.2) is 0 Å². The van der Waals surface area contributed by atoms with Gasteiger partial charge in [-0.05, 0) is 39.4 Å². The molecule has 150 valence electrons. The molecule has 1 amide bonds. The first kappa shape index (κ1) is 22.4. The first-order chi connectivity index (χ1) is 12.9. The molecule has 0 unspecified atom stereocenters. The summed E-state index contributed by atoms with van der Waals surface area (Å²) in [5.74, 6) is 0.739. The Balaban J connectivity index is 2.46. The highest BCUT2D eigenvalue weighted by Crippen LogP contribution is 2.42. The molecule has 0 aromatic carbocycles. The second kappa shape index (κ2) is 10.0. The lowest BCUT2D eigenvalue weighted by Gasteiger charge is -2.23. The number of pyridine rings is 1. The second-order valence-electron chi connectivity index (χ2n) is 6.55. The Morgan fingerprint density at radius 3 is 2.41 bits per heavy atom. The maximum atomic E-state index is 13.2. The summed E-state index contributed by atoms with van der Waals surface area (Å²) in [5, 5.41) is 1.01. The fraction of sp³-hybridized carbons (Fsp3) is 0.600. The molecule has 0 atom stereocenters. The highest BCUT2D eigenvalue weighted by atomic mass is 127. The third-order valence-electron chi connectivity index (χ3n) is 4.94. The Bertz CT molecular complexity index is 802. The van der Waals surface area contributed by atoms with Crippen molar-refractivity contribution in [1.29, 1.82) is 0 Å². The van der Waals surface area contributed by atoms with Crippen LogP contribution < -0.4 is 4.74 Å². The van der Waals surface area contributed by atoms with Gasteiger partial charge in [-0.2, -0.15) is 0 Å². The van der Waals surface area contributed by atoms with E-state index in [1.807, 2.05) is 25.8 Å². The summed E-state index contributed by atoms with van der Waals surface area (Å²) in [6.45, 7) is 14.5. The molecule has 2 heterocycles. The number of carbonyl (C=O) groups is 1. The standard InChI is InChI=1S/C20H30IN3O2S/c1-7-24(8-2)11-10-23(6)20(25)19-17(26-9-3)16-15(12-21)22-14(5)13(4)18(16)27-19/h7-12H2,1-6H3. The van der Waals surface area contributed by atoms with Crippen LogP contribution in [-0.4, -0.2) is 60.5 Å². The van der Waals surface area contributed by atoms with Gasteiger partial charge in [0.05, 0.1) is 17.7 Å². The monoisotopic (exact) mass is 503 g/mol. The summed E-state index contributed by atoms with van der Waals surface area (Å²) in [4.78, 5) is 22.8. The molecule has 2 rings (SSSR count). The smallest absolute Gasteiger partial charge is 0.267 e. The number of aromatic nitrogens is 1. The molecule has 27 heavy (non-hydrogen) atoms. The Kier molecular flexibility index (Phi) is 8.30. The van der Waals surface area contributed by atoms with Gasteiger partial charge in [-0.1, -0.05) is 36.4 Å². The van der Waals surface area contributed by atoms with E-state index in [0.29, 0.717) is 23.8 Å². The van der Waals surface area contributed by atoms with Crippen molar-refractivity contribution in [2.24, 2.45) is 0 Å². The summed E-state index contributed by atoms with van der Waals surface area (Å²) < 4.78 is 7.89. The molecule has 0 aliphatic carbocycles. The van der Waals surface area contributed by atoms with E-state index in [1.165, 1.54) is 0 Å². The molecule has 0 spiro atoms. The lowest BCUT2D eigenvalue weighted by molar-refractivity contribution is 0.0781. The van der Waals surface area contributed by atoms with Crippen LogP contribution in [-0.2, 0) is 4.43 Å². The van der Waals surface area contributed by atoms with E-state index < -0.39 is 0 Å².